The van der Waals surface area contributed by atoms with E-state index >= 15 is 0 Å². The molecule has 24 heavy (non-hydrogen) atoms. The van der Waals surface area contributed by atoms with E-state index in [1.165, 1.54) is 11.9 Å². The largest absolute Gasteiger partial charge is 0.465 e. The Morgan fingerprint density at radius 2 is 1.79 bits per heavy atom. The molecule has 0 aliphatic carbocycles. The standard InChI is InChI=1S/C16H15BrCl2N2O3/c1-8-13(14(17)9(2)24-8)16(23)21(3)7-12(22)20-15-10(18)5-4-6-11(15)19/h4-6H,7H2,1-3H3,(H,20,22). The highest BCUT2D eigenvalue weighted by Gasteiger charge is 2.24. The van der Waals surface area contributed by atoms with Gasteiger partial charge in [-0.2, -0.15) is 0 Å². The minimum absolute atomic E-state index is 0.156. The molecule has 1 aromatic heterocycles. The van der Waals surface area contributed by atoms with E-state index in [2.05, 4.69) is 21.2 Å². The molecular weight excluding hydrogens is 419 g/mol. The van der Waals surface area contributed by atoms with E-state index in [1.807, 2.05) is 0 Å². The number of carbonyl (C=O) groups is 2. The number of para-hydroxylation sites is 1. The molecule has 0 saturated carbocycles. The van der Waals surface area contributed by atoms with Crippen molar-refractivity contribution in [3.63, 3.8) is 0 Å². The van der Waals surface area contributed by atoms with E-state index in [9.17, 15) is 9.59 Å². The molecule has 8 heteroatoms. The van der Waals surface area contributed by atoms with E-state index in [-0.39, 0.29) is 12.5 Å². The van der Waals surface area contributed by atoms with Crippen LogP contribution in [0.5, 0.6) is 0 Å². The van der Waals surface area contributed by atoms with Crippen molar-refractivity contribution >= 4 is 56.6 Å². The van der Waals surface area contributed by atoms with Gasteiger partial charge in [-0.15, -0.1) is 0 Å². The summed E-state index contributed by atoms with van der Waals surface area (Å²) >= 11 is 15.4. The number of hydrogen-bond donors (Lipinski definition) is 1. The van der Waals surface area contributed by atoms with Crippen molar-refractivity contribution in [1.82, 2.24) is 4.90 Å². The van der Waals surface area contributed by atoms with Gasteiger partial charge in [-0.25, -0.2) is 0 Å². The van der Waals surface area contributed by atoms with Gasteiger partial charge in [0.2, 0.25) is 5.91 Å². The maximum Gasteiger partial charge on any atom is 0.258 e. The predicted molar refractivity (Wildman–Crippen MR) is 97.9 cm³/mol. The van der Waals surface area contributed by atoms with Gasteiger partial charge in [-0.3, -0.25) is 9.59 Å². The molecule has 0 radical (unpaired) electrons. The van der Waals surface area contributed by atoms with Crippen molar-refractivity contribution in [2.45, 2.75) is 13.8 Å². The number of hydrogen-bond acceptors (Lipinski definition) is 3. The molecule has 2 aromatic rings. The Morgan fingerprint density at radius 1 is 1.21 bits per heavy atom. The highest BCUT2D eigenvalue weighted by atomic mass is 79.9. The Hall–Kier alpha value is -1.50. The van der Waals surface area contributed by atoms with Crippen LogP contribution < -0.4 is 5.32 Å². The zero-order valence-corrected chi connectivity index (χ0v) is 16.3. The number of nitrogens with one attached hydrogen (secondary N) is 1. The van der Waals surface area contributed by atoms with Gasteiger partial charge in [0.25, 0.3) is 5.91 Å². The van der Waals surface area contributed by atoms with Crippen LogP contribution in [0.4, 0.5) is 5.69 Å². The molecule has 0 atom stereocenters. The lowest BCUT2D eigenvalue weighted by Gasteiger charge is -2.17. The molecule has 0 unspecified atom stereocenters. The Labute approximate surface area is 158 Å². The van der Waals surface area contributed by atoms with Gasteiger partial charge in [-0.1, -0.05) is 29.3 Å². The maximum absolute atomic E-state index is 12.5. The summed E-state index contributed by atoms with van der Waals surface area (Å²) < 4.78 is 6.01. The molecule has 0 bridgehead atoms. The number of aryl methyl sites for hydroxylation is 2. The third-order valence-corrected chi connectivity index (χ3v) is 4.94. The van der Waals surface area contributed by atoms with Crippen LogP contribution in [0.2, 0.25) is 10.0 Å². The van der Waals surface area contributed by atoms with Crippen molar-refractivity contribution < 1.29 is 14.0 Å². The number of anilines is 1. The summed E-state index contributed by atoms with van der Waals surface area (Å²) in [6.07, 6.45) is 0. The van der Waals surface area contributed by atoms with Gasteiger partial charge in [0.1, 0.15) is 11.5 Å². The molecular formula is C16H15BrCl2N2O3. The predicted octanol–water partition coefficient (Wildman–Crippen LogP) is 4.68. The molecule has 2 rings (SSSR count). The lowest BCUT2D eigenvalue weighted by molar-refractivity contribution is -0.116. The molecule has 1 heterocycles. The lowest BCUT2D eigenvalue weighted by Crippen LogP contribution is -2.35. The summed E-state index contributed by atoms with van der Waals surface area (Å²) in [7, 11) is 1.53. The average molecular weight is 434 g/mol. The van der Waals surface area contributed by atoms with Gasteiger partial charge in [-0.05, 0) is 41.9 Å². The smallest absolute Gasteiger partial charge is 0.258 e. The van der Waals surface area contributed by atoms with E-state index in [4.69, 9.17) is 27.6 Å². The summed E-state index contributed by atoms with van der Waals surface area (Å²) in [5.41, 5.74) is 0.724. The first-order valence-corrected chi connectivity index (χ1v) is 8.52. The number of halogens is 3. The number of furan rings is 1. The highest BCUT2D eigenvalue weighted by molar-refractivity contribution is 9.10. The Balaban J connectivity index is 2.10. The number of likely N-dealkylation sites (N-methyl/N-ethyl adjacent to an activating group) is 1. The van der Waals surface area contributed by atoms with Crippen molar-refractivity contribution in [2.75, 3.05) is 18.9 Å². The Morgan fingerprint density at radius 3 is 2.29 bits per heavy atom. The SMILES string of the molecule is Cc1oc(C)c(C(=O)N(C)CC(=O)Nc2c(Cl)cccc2Cl)c1Br. The summed E-state index contributed by atoms with van der Waals surface area (Å²) in [5, 5.41) is 3.27. The summed E-state index contributed by atoms with van der Waals surface area (Å²) in [6, 6.07) is 4.91. The number of rotatable bonds is 4. The van der Waals surface area contributed by atoms with Crippen molar-refractivity contribution in [3.05, 3.63) is 49.8 Å². The fourth-order valence-corrected chi connectivity index (χ4v) is 3.20. The number of nitrogens with zero attached hydrogens (tertiary/aromatic N) is 1. The molecule has 128 valence electrons. The maximum atomic E-state index is 12.5. The van der Waals surface area contributed by atoms with Crippen LogP contribution in [0, 0.1) is 13.8 Å². The normalized spacial score (nSPS) is 10.6. The van der Waals surface area contributed by atoms with E-state index < -0.39 is 5.91 Å². The van der Waals surface area contributed by atoms with Crippen LogP contribution in [-0.4, -0.2) is 30.3 Å². The van der Waals surface area contributed by atoms with Gasteiger partial charge in [0.05, 0.1) is 32.3 Å². The van der Waals surface area contributed by atoms with Crippen LogP contribution in [0.1, 0.15) is 21.9 Å². The number of amides is 2. The second kappa shape index (κ2) is 7.59. The van der Waals surface area contributed by atoms with Crippen molar-refractivity contribution in [3.8, 4) is 0 Å². The van der Waals surface area contributed by atoms with Gasteiger partial charge in [0.15, 0.2) is 0 Å². The number of carbonyl (C=O) groups excluding carboxylic acids is 2. The van der Waals surface area contributed by atoms with Crippen LogP contribution in [0.3, 0.4) is 0 Å². The van der Waals surface area contributed by atoms with Crippen molar-refractivity contribution in [1.29, 1.82) is 0 Å². The van der Waals surface area contributed by atoms with Gasteiger partial charge in [0, 0.05) is 7.05 Å². The molecule has 0 spiro atoms. The quantitative estimate of drug-likeness (QED) is 0.761. The Kier molecular flexibility index (Phi) is 5.96. The Bertz CT molecular complexity index is 785. The minimum atomic E-state index is -0.408. The summed E-state index contributed by atoms with van der Waals surface area (Å²) in [5.74, 6) is 0.369. The monoisotopic (exact) mass is 432 g/mol. The molecule has 0 fully saturated rings. The van der Waals surface area contributed by atoms with E-state index in [0.29, 0.717) is 37.3 Å². The van der Waals surface area contributed by atoms with Gasteiger partial charge < -0.3 is 14.6 Å². The fourth-order valence-electron chi connectivity index (χ4n) is 2.17. The third kappa shape index (κ3) is 3.94. The summed E-state index contributed by atoms with van der Waals surface area (Å²) in [6.45, 7) is 3.29. The molecule has 2 amide bonds. The highest BCUT2D eigenvalue weighted by Crippen LogP contribution is 2.30. The summed E-state index contributed by atoms with van der Waals surface area (Å²) in [4.78, 5) is 26.0. The first-order valence-electron chi connectivity index (χ1n) is 6.97. The lowest BCUT2D eigenvalue weighted by atomic mass is 10.2. The van der Waals surface area contributed by atoms with Crippen LogP contribution in [-0.2, 0) is 4.79 Å². The first-order chi connectivity index (χ1) is 11.2. The average Bonchev–Trinajstić information content (AvgIpc) is 2.75. The third-order valence-electron chi connectivity index (χ3n) is 3.36. The molecule has 1 N–H and O–H groups in total. The molecule has 0 aliphatic heterocycles. The fraction of sp³-hybridized carbons (Fsp3) is 0.250. The molecule has 0 aliphatic rings. The zero-order valence-electron chi connectivity index (χ0n) is 13.2. The molecule has 0 saturated heterocycles. The van der Waals surface area contributed by atoms with Crippen molar-refractivity contribution in [2.24, 2.45) is 0 Å². The van der Waals surface area contributed by atoms with E-state index in [1.54, 1.807) is 32.0 Å². The topological polar surface area (TPSA) is 62.6 Å². The van der Waals surface area contributed by atoms with Crippen LogP contribution in [0.25, 0.3) is 0 Å². The first kappa shape index (κ1) is 18.8. The number of benzene rings is 1. The second-order valence-electron chi connectivity index (χ2n) is 5.21. The molecule has 5 nitrogen and oxygen atoms in total. The molecule has 1 aromatic carbocycles. The van der Waals surface area contributed by atoms with Crippen LogP contribution >= 0.6 is 39.1 Å². The zero-order chi connectivity index (χ0) is 18.0. The van der Waals surface area contributed by atoms with Gasteiger partial charge >= 0.3 is 0 Å². The van der Waals surface area contributed by atoms with Crippen LogP contribution in [0.15, 0.2) is 27.1 Å². The minimum Gasteiger partial charge on any atom is -0.465 e. The van der Waals surface area contributed by atoms with E-state index in [0.717, 1.165) is 0 Å². The second-order valence-corrected chi connectivity index (χ2v) is 6.82.